The molecule has 2 aliphatic rings. The number of rotatable bonds is 5. The number of aryl methyl sites for hydroxylation is 1. The molecule has 0 spiro atoms. The maximum atomic E-state index is 13.4. The summed E-state index contributed by atoms with van der Waals surface area (Å²) in [5, 5.41) is 1.00. The Morgan fingerprint density at radius 3 is 2.43 bits per heavy atom. The molecule has 2 fully saturated rings. The second-order valence-electron chi connectivity index (χ2n) is 10.8. The van der Waals surface area contributed by atoms with E-state index in [4.69, 9.17) is 9.72 Å². The van der Waals surface area contributed by atoms with E-state index in [1.165, 1.54) is 0 Å². The first kappa shape index (κ1) is 24.1. The van der Waals surface area contributed by atoms with E-state index in [2.05, 4.69) is 59.2 Å². The Morgan fingerprint density at radius 1 is 0.973 bits per heavy atom. The lowest BCUT2D eigenvalue weighted by atomic mass is 10.0. The number of hydrogen-bond donors (Lipinski definition) is 0. The van der Waals surface area contributed by atoms with Gasteiger partial charge in [-0.3, -0.25) is 14.1 Å². The van der Waals surface area contributed by atoms with Crippen molar-refractivity contribution in [3.63, 3.8) is 0 Å². The van der Waals surface area contributed by atoms with E-state index in [1.807, 2.05) is 24.0 Å². The van der Waals surface area contributed by atoms with Gasteiger partial charge in [-0.25, -0.2) is 9.78 Å². The van der Waals surface area contributed by atoms with Crippen LogP contribution in [0.5, 0.6) is 0 Å². The van der Waals surface area contributed by atoms with E-state index in [0.29, 0.717) is 6.04 Å². The molecule has 3 aromatic heterocycles. The molecule has 8 nitrogen and oxygen atoms in total. The fraction of sp³-hybridized carbons (Fsp3) is 0.483. The molecule has 2 unspecified atom stereocenters. The molecule has 4 aromatic rings. The number of benzene rings is 1. The third-order valence-corrected chi connectivity index (χ3v) is 8.57. The minimum atomic E-state index is 0.0144. The van der Waals surface area contributed by atoms with Crippen molar-refractivity contribution in [1.29, 1.82) is 0 Å². The standard InChI is InChI=1S/C29H36N6O2/c1-32(2)21-11-13-34(14-12-21)27-10-6-20(17-31-27)19-5-9-25-24(15-19)28-26(18-30-25)33(3)29(36)35(28)22-7-8-23(16-22)37-4/h5-6,9-10,15,17-18,21-23H,7-8,11-14,16H2,1-4H3. The van der Waals surface area contributed by atoms with Crippen LogP contribution in [0.4, 0.5) is 5.82 Å². The monoisotopic (exact) mass is 500 g/mol. The second kappa shape index (κ2) is 9.58. The SMILES string of the molecule is COC1CCC(n2c(=O)n(C)c3cnc4ccc(-c5ccc(N6CCC(N(C)C)CC6)nc5)cc4c32)C1. The first-order valence-corrected chi connectivity index (χ1v) is 13.3. The van der Waals surface area contributed by atoms with Gasteiger partial charge in [0, 0.05) is 56.5 Å². The van der Waals surface area contributed by atoms with Gasteiger partial charge in [0.15, 0.2) is 0 Å². The molecule has 1 aromatic carbocycles. The minimum absolute atomic E-state index is 0.0144. The van der Waals surface area contributed by atoms with Crippen LogP contribution in [0.25, 0.3) is 33.1 Å². The summed E-state index contributed by atoms with van der Waals surface area (Å²) in [4.78, 5) is 27.6. The maximum Gasteiger partial charge on any atom is 0.329 e. The van der Waals surface area contributed by atoms with Gasteiger partial charge in [0.05, 0.1) is 28.9 Å². The summed E-state index contributed by atoms with van der Waals surface area (Å²) in [6, 6.07) is 11.4. The summed E-state index contributed by atoms with van der Waals surface area (Å²) >= 11 is 0. The lowest BCUT2D eigenvalue weighted by Gasteiger charge is -2.35. The molecule has 1 aliphatic carbocycles. The molecule has 1 saturated carbocycles. The first-order chi connectivity index (χ1) is 17.9. The number of imidazole rings is 1. The smallest absolute Gasteiger partial charge is 0.329 e. The van der Waals surface area contributed by atoms with Crippen LogP contribution >= 0.6 is 0 Å². The average molecular weight is 501 g/mol. The molecule has 1 aliphatic heterocycles. The van der Waals surface area contributed by atoms with Gasteiger partial charge in [0.1, 0.15) is 5.82 Å². The molecule has 2 atom stereocenters. The Labute approximate surface area is 217 Å². The molecule has 8 heteroatoms. The number of fused-ring (bicyclic) bond motifs is 3. The van der Waals surface area contributed by atoms with E-state index in [0.717, 1.165) is 84.1 Å². The fourth-order valence-electron chi connectivity index (χ4n) is 6.27. The normalized spacial score (nSPS) is 21.1. The number of aromatic nitrogens is 4. The van der Waals surface area contributed by atoms with Crippen LogP contribution in [0, 0.1) is 0 Å². The van der Waals surface area contributed by atoms with E-state index in [9.17, 15) is 4.79 Å². The van der Waals surface area contributed by atoms with Crippen molar-refractivity contribution in [3.8, 4) is 11.1 Å². The summed E-state index contributed by atoms with van der Waals surface area (Å²) in [5.41, 5.74) is 4.89. The van der Waals surface area contributed by atoms with Crippen LogP contribution in [0.15, 0.2) is 47.5 Å². The van der Waals surface area contributed by atoms with Gasteiger partial charge in [-0.2, -0.15) is 0 Å². The van der Waals surface area contributed by atoms with Crippen LogP contribution in [0.1, 0.15) is 38.1 Å². The predicted molar refractivity (Wildman–Crippen MR) is 148 cm³/mol. The van der Waals surface area contributed by atoms with Crippen molar-refractivity contribution in [2.24, 2.45) is 7.05 Å². The number of methoxy groups -OCH3 is 1. The van der Waals surface area contributed by atoms with Gasteiger partial charge in [-0.15, -0.1) is 0 Å². The number of piperidine rings is 1. The molecule has 0 radical (unpaired) electrons. The zero-order valence-electron chi connectivity index (χ0n) is 22.2. The minimum Gasteiger partial charge on any atom is -0.381 e. The second-order valence-corrected chi connectivity index (χ2v) is 10.8. The predicted octanol–water partition coefficient (Wildman–Crippen LogP) is 4.22. The third kappa shape index (κ3) is 4.22. The highest BCUT2D eigenvalue weighted by Crippen LogP contribution is 2.36. The van der Waals surface area contributed by atoms with E-state index < -0.39 is 0 Å². The number of nitrogens with zero attached hydrogens (tertiary/aromatic N) is 6. The molecule has 0 N–H and O–H groups in total. The zero-order chi connectivity index (χ0) is 25.7. The lowest BCUT2D eigenvalue weighted by molar-refractivity contribution is 0.106. The van der Waals surface area contributed by atoms with Gasteiger partial charge >= 0.3 is 5.69 Å². The van der Waals surface area contributed by atoms with E-state index in [-0.39, 0.29) is 17.8 Å². The van der Waals surface area contributed by atoms with Gasteiger partial charge in [-0.05, 0) is 76.0 Å². The molecule has 4 heterocycles. The summed E-state index contributed by atoms with van der Waals surface area (Å²) in [7, 11) is 7.93. The lowest BCUT2D eigenvalue weighted by Crippen LogP contribution is -2.42. The van der Waals surface area contributed by atoms with Gasteiger partial charge < -0.3 is 14.5 Å². The Kier molecular flexibility index (Phi) is 6.24. The molecule has 0 amide bonds. The first-order valence-electron chi connectivity index (χ1n) is 13.3. The van der Waals surface area contributed by atoms with Crippen LogP contribution in [0.2, 0.25) is 0 Å². The third-order valence-electron chi connectivity index (χ3n) is 8.57. The Balaban J connectivity index is 1.36. The van der Waals surface area contributed by atoms with Crippen molar-refractivity contribution in [3.05, 3.63) is 53.2 Å². The summed E-state index contributed by atoms with van der Waals surface area (Å²) in [6.45, 7) is 2.07. The summed E-state index contributed by atoms with van der Waals surface area (Å²) in [6.07, 6.45) is 9.10. The van der Waals surface area contributed by atoms with Crippen molar-refractivity contribution in [2.45, 2.75) is 50.3 Å². The summed E-state index contributed by atoms with van der Waals surface area (Å²) < 4.78 is 9.32. The fourth-order valence-corrected chi connectivity index (χ4v) is 6.27. The van der Waals surface area contributed by atoms with E-state index >= 15 is 0 Å². The quantitative estimate of drug-likeness (QED) is 0.409. The Bertz CT molecular complexity index is 1480. The number of ether oxygens (including phenoxy) is 1. The zero-order valence-corrected chi connectivity index (χ0v) is 22.2. The van der Waals surface area contributed by atoms with Gasteiger partial charge in [-0.1, -0.05) is 6.07 Å². The van der Waals surface area contributed by atoms with Crippen LogP contribution < -0.4 is 10.6 Å². The summed E-state index contributed by atoms with van der Waals surface area (Å²) in [5.74, 6) is 1.04. The van der Waals surface area contributed by atoms with Crippen molar-refractivity contribution in [1.82, 2.24) is 24.0 Å². The highest BCUT2D eigenvalue weighted by Gasteiger charge is 2.30. The molecule has 1 saturated heterocycles. The highest BCUT2D eigenvalue weighted by atomic mass is 16.5. The van der Waals surface area contributed by atoms with Crippen molar-refractivity contribution < 1.29 is 4.74 Å². The van der Waals surface area contributed by atoms with Gasteiger partial charge in [0.25, 0.3) is 0 Å². The van der Waals surface area contributed by atoms with Gasteiger partial charge in [0.2, 0.25) is 0 Å². The Hall–Kier alpha value is -3.23. The van der Waals surface area contributed by atoms with Crippen LogP contribution in [-0.4, -0.2) is 70.4 Å². The van der Waals surface area contributed by atoms with Crippen molar-refractivity contribution in [2.75, 3.05) is 39.2 Å². The molecule has 0 bridgehead atoms. The number of pyridine rings is 2. The molecular formula is C29H36N6O2. The molecular weight excluding hydrogens is 464 g/mol. The Morgan fingerprint density at radius 2 is 1.76 bits per heavy atom. The van der Waals surface area contributed by atoms with Crippen LogP contribution in [-0.2, 0) is 11.8 Å². The average Bonchev–Trinajstić information content (AvgIpc) is 3.51. The molecule has 194 valence electrons. The number of anilines is 1. The highest BCUT2D eigenvalue weighted by molar-refractivity contribution is 6.04. The maximum absolute atomic E-state index is 13.4. The van der Waals surface area contributed by atoms with Crippen LogP contribution in [0.3, 0.4) is 0 Å². The number of hydrogen-bond acceptors (Lipinski definition) is 6. The molecule has 37 heavy (non-hydrogen) atoms. The van der Waals surface area contributed by atoms with E-state index in [1.54, 1.807) is 11.7 Å². The topological polar surface area (TPSA) is 68.4 Å². The van der Waals surface area contributed by atoms with Crippen molar-refractivity contribution >= 4 is 27.8 Å². The molecule has 6 rings (SSSR count). The largest absolute Gasteiger partial charge is 0.381 e.